The summed E-state index contributed by atoms with van der Waals surface area (Å²) in [5.41, 5.74) is 2.81. The van der Waals surface area contributed by atoms with Crippen molar-refractivity contribution in [2.24, 2.45) is 0 Å². The number of aryl methyl sites for hydroxylation is 2. The molecule has 0 aliphatic rings. The highest BCUT2D eigenvalue weighted by molar-refractivity contribution is 5.79. The van der Waals surface area contributed by atoms with Gasteiger partial charge in [-0.15, -0.1) is 0 Å². The average molecular weight is 258 g/mol. The van der Waals surface area contributed by atoms with Gasteiger partial charge in [-0.2, -0.15) is 5.10 Å². The number of carboxylic acid groups (broad SMARTS) is 1. The molecule has 2 rings (SSSR count). The number of aromatic nitrogens is 2. The molecule has 0 saturated heterocycles. The summed E-state index contributed by atoms with van der Waals surface area (Å²) in [5.74, 6) is -0.876. The van der Waals surface area contributed by atoms with Crippen LogP contribution in [0.2, 0.25) is 0 Å². The van der Waals surface area contributed by atoms with Crippen LogP contribution in [0, 0.1) is 13.8 Å². The van der Waals surface area contributed by atoms with Gasteiger partial charge in [0.25, 0.3) is 0 Å². The zero-order valence-electron chi connectivity index (χ0n) is 11.6. The van der Waals surface area contributed by atoms with Gasteiger partial charge in [0, 0.05) is 6.20 Å². The van der Waals surface area contributed by atoms with E-state index in [1.165, 1.54) is 0 Å². The zero-order chi connectivity index (χ0) is 14.2. The van der Waals surface area contributed by atoms with E-state index in [0.717, 1.165) is 16.8 Å². The van der Waals surface area contributed by atoms with Gasteiger partial charge in [0.15, 0.2) is 0 Å². The van der Waals surface area contributed by atoms with E-state index < -0.39 is 11.4 Å². The number of rotatable bonds is 3. The number of carboxylic acids is 1. The molecule has 19 heavy (non-hydrogen) atoms. The van der Waals surface area contributed by atoms with Gasteiger partial charge in [-0.3, -0.25) is 4.79 Å². The number of benzene rings is 1. The topological polar surface area (TPSA) is 55.1 Å². The highest BCUT2D eigenvalue weighted by atomic mass is 16.4. The molecule has 0 saturated carbocycles. The third kappa shape index (κ3) is 2.38. The highest BCUT2D eigenvalue weighted by Gasteiger charge is 2.32. The minimum atomic E-state index is -0.983. The van der Waals surface area contributed by atoms with E-state index >= 15 is 0 Å². The van der Waals surface area contributed by atoms with Crippen LogP contribution < -0.4 is 0 Å². The molecule has 0 amide bonds. The normalized spacial score (nSPS) is 11.6. The smallest absolute Gasteiger partial charge is 0.315 e. The Labute approximate surface area is 112 Å². The second-order valence-electron chi connectivity index (χ2n) is 5.37. The Bertz CT molecular complexity index is 627. The van der Waals surface area contributed by atoms with Crippen LogP contribution in [-0.4, -0.2) is 20.9 Å². The van der Waals surface area contributed by atoms with Crippen LogP contribution in [0.3, 0.4) is 0 Å². The first-order chi connectivity index (χ1) is 8.82. The first-order valence-corrected chi connectivity index (χ1v) is 6.19. The van der Waals surface area contributed by atoms with Crippen molar-refractivity contribution in [3.63, 3.8) is 0 Å². The third-order valence-electron chi connectivity index (χ3n) is 3.38. The molecule has 100 valence electrons. The molecule has 0 bridgehead atoms. The molecule has 0 radical (unpaired) electrons. The van der Waals surface area contributed by atoms with Gasteiger partial charge in [0.2, 0.25) is 0 Å². The predicted octanol–water partition coefficient (Wildman–Crippen LogP) is 2.85. The second-order valence-corrected chi connectivity index (χ2v) is 5.37. The molecule has 0 fully saturated rings. The molecule has 0 spiro atoms. The Kier molecular flexibility index (Phi) is 3.18. The second kappa shape index (κ2) is 4.53. The molecule has 0 atom stereocenters. The molecular formula is C15H18N2O2. The summed E-state index contributed by atoms with van der Waals surface area (Å²) < 4.78 is 1.74. The van der Waals surface area contributed by atoms with Crippen molar-refractivity contribution >= 4 is 5.97 Å². The lowest BCUT2D eigenvalue weighted by atomic mass is 9.90. The molecule has 1 aromatic carbocycles. The molecule has 4 nitrogen and oxygen atoms in total. The number of aliphatic carboxylic acids is 1. The fourth-order valence-electron chi connectivity index (χ4n) is 1.87. The molecule has 1 N–H and O–H groups in total. The fourth-order valence-corrected chi connectivity index (χ4v) is 1.87. The molecular weight excluding hydrogens is 240 g/mol. The van der Waals surface area contributed by atoms with Gasteiger partial charge in [0.1, 0.15) is 5.41 Å². The van der Waals surface area contributed by atoms with Gasteiger partial charge < -0.3 is 5.11 Å². The quantitative estimate of drug-likeness (QED) is 0.921. The summed E-state index contributed by atoms with van der Waals surface area (Å²) >= 11 is 0. The van der Waals surface area contributed by atoms with E-state index in [1.54, 1.807) is 24.6 Å². The number of carbonyl (C=O) groups is 1. The molecule has 0 unspecified atom stereocenters. The van der Waals surface area contributed by atoms with Gasteiger partial charge >= 0.3 is 5.97 Å². The monoisotopic (exact) mass is 258 g/mol. The van der Waals surface area contributed by atoms with Gasteiger partial charge in [0.05, 0.1) is 11.4 Å². The van der Waals surface area contributed by atoms with Crippen LogP contribution in [0.4, 0.5) is 0 Å². The lowest BCUT2D eigenvalue weighted by molar-refractivity contribution is -0.142. The standard InChI is InChI=1S/C15H18N2O2/c1-10-5-6-11(2)12(9-10)17-8-7-13(16-17)15(3,4)14(18)19/h5-9H,1-4H3,(H,18,19). The van der Waals surface area contributed by atoms with Crippen LogP contribution in [-0.2, 0) is 10.2 Å². The predicted molar refractivity (Wildman–Crippen MR) is 73.7 cm³/mol. The zero-order valence-corrected chi connectivity index (χ0v) is 11.6. The maximum Gasteiger partial charge on any atom is 0.315 e. The van der Waals surface area contributed by atoms with E-state index in [2.05, 4.69) is 5.10 Å². The van der Waals surface area contributed by atoms with Crippen molar-refractivity contribution in [2.75, 3.05) is 0 Å². The van der Waals surface area contributed by atoms with Crippen molar-refractivity contribution in [1.29, 1.82) is 0 Å². The summed E-state index contributed by atoms with van der Waals surface area (Å²) in [6.07, 6.45) is 1.81. The van der Waals surface area contributed by atoms with Crippen molar-refractivity contribution in [3.05, 3.63) is 47.3 Å². The summed E-state index contributed by atoms with van der Waals surface area (Å²) in [6.45, 7) is 7.35. The largest absolute Gasteiger partial charge is 0.481 e. The fraction of sp³-hybridized carbons (Fsp3) is 0.333. The maximum atomic E-state index is 11.2. The first kappa shape index (κ1) is 13.3. The Hall–Kier alpha value is -2.10. The summed E-state index contributed by atoms with van der Waals surface area (Å²) in [5, 5.41) is 13.6. The van der Waals surface area contributed by atoms with Crippen LogP contribution in [0.25, 0.3) is 5.69 Å². The van der Waals surface area contributed by atoms with Crippen molar-refractivity contribution in [3.8, 4) is 5.69 Å². The van der Waals surface area contributed by atoms with Gasteiger partial charge in [-0.1, -0.05) is 12.1 Å². The SMILES string of the molecule is Cc1ccc(C)c(-n2ccc(C(C)(C)C(=O)O)n2)c1. The molecule has 0 aliphatic carbocycles. The Morgan fingerprint density at radius 3 is 2.58 bits per heavy atom. The summed E-state index contributed by atoms with van der Waals surface area (Å²) in [6, 6.07) is 7.88. The molecule has 0 aliphatic heterocycles. The van der Waals surface area contributed by atoms with Crippen LogP contribution >= 0.6 is 0 Å². The van der Waals surface area contributed by atoms with E-state index in [4.69, 9.17) is 0 Å². The Morgan fingerprint density at radius 2 is 1.95 bits per heavy atom. The third-order valence-corrected chi connectivity index (χ3v) is 3.38. The number of hydrogen-bond donors (Lipinski definition) is 1. The van der Waals surface area contributed by atoms with Gasteiger partial charge in [-0.05, 0) is 51.0 Å². The number of nitrogens with zero attached hydrogens (tertiary/aromatic N) is 2. The van der Waals surface area contributed by atoms with Crippen molar-refractivity contribution in [1.82, 2.24) is 9.78 Å². The first-order valence-electron chi connectivity index (χ1n) is 6.19. The van der Waals surface area contributed by atoms with E-state index in [1.807, 2.05) is 38.2 Å². The lowest BCUT2D eigenvalue weighted by Gasteiger charge is -2.16. The van der Waals surface area contributed by atoms with Crippen molar-refractivity contribution in [2.45, 2.75) is 33.1 Å². The summed E-state index contributed by atoms with van der Waals surface area (Å²) in [7, 11) is 0. The minimum Gasteiger partial charge on any atom is -0.481 e. The Morgan fingerprint density at radius 1 is 1.26 bits per heavy atom. The van der Waals surface area contributed by atoms with E-state index in [9.17, 15) is 9.90 Å². The maximum absolute atomic E-state index is 11.2. The molecule has 4 heteroatoms. The molecule has 1 heterocycles. The molecule has 1 aromatic heterocycles. The molecule has 2 aromatic rings. The van der Waals surface area contributed by atoms with Gasteiger partial charge in [-0.25, -0.2) is 4.68 Å². The van der Waals surface area contributed by atoms with Crippen molar-refractivity contribution < 1.29 is 9.90 Å². The average Bonchev–Trinajstić information content (AvgIpc) is 2.82. The minimum absolute atomic E-state index is 0.556. The van der Waals surface area contributed by atoms with Crippen LogP contribution in [0.1, 0.15) is 30.7 Å². The van der Waals surface area contributed by atoms with Crippen LogP contribution in [0.5, 0.6) is 0 Å². The van der Waals surface area contributed by atoms with Crippen LogP contribution in [0.15, 0.2) is 30.5 Å². The van der Waals surface area contributed by atoms with E-state index in [0.29, 0.717) is 5.69 Å². The summed E-state index contributed by atoms with van der Waals surface area (Å²) in [4.78, 5) is 11.2. The lowest BCUT2D eigenvalue weighted by Crippen LogP contribution is -2.29. The van der Waals surface area contributed by atoms with E-state index in [-0.39, 0.29) is 0 Å². The highest BCUT2D eigenvalue weighted by Crippen LogP contribution is 2.23. The number of hydrogen-bond acceptors (Lipinski definition) is 2. The Balaban J connectivity index is 2.47.